The highest BCUT2D eigenvalue weighted by atomic mass is 16.7. The molecule has 0 bridgehead atoms. The Morgan fingerprint density at radius 3 is 2.73 bits per heavy atom. The van der Waals surface area contributed by atoms with E-state index in [-0.39, 0.29) is 0 Å². The number of rotatable bonds is 3. The lowest BCUT2D eigenvalue weighted by molar-refractivity contribution is -0.991. The first kappa shape index (κ1) is 18.6. The van der Waals surface area contributed by atoms with Crippen LogP contribution in [0.25, 0.3) is 10.9 Å². The second-order valence-electron chi connectivity index (χ2n) is 7.91. The summed E-state index contributed by atoms with van der Waals surface area (Å²) in [6.45, 7) is 9.00. The fourth-order valence-corrected chi connectivity index (χ4v) is 3.81. The van der Waals surface area contributed by atoms with Crippen LogP contribution in [-0.2, 0) is 6.54 Å². The van der Waals surface area contributed by atoms with Gasteiger partial charge in [-0.25, -0.2) is 20.6 Å². The lowest BCUT2D eigenvalue weighted by Gasteiger charge is -2.20. The van der Waals surface area contributed by atoms with E-state index in [4.69, 9.17) is 14.5 Å². The van der Waals surface area contributed by atoms with E-state index in [0.29, 0.717) is 12.7 Å². The molecule has 0 radical (unpaired) electrons. The Hall–Kier alpha value is -3.39. The SMILES string of the molecule is Cc1cc2nc(NC3=[NH+]C[NH+](Cc4ccc5c(c4)OCO5)CN3)nc(C)c2cc1C. The molecule has 0 aliphatic carbocycles. The number of benzene rings is 2. The van der Waals surface area contributed by atoms with Crippen LogP contribution in [0.3, 0.4) is 0 Å². The molecule has 4 N–H and O–H groups in total. The van der Waals surface area contributed by atoms with Crippen LogP contribution in [0.4, 0.5) is 5.95 Å². The number of aromatic nitrogens is 2. The monoisotopic (exact) mass is 406 g/mol. The molecule has 30 heavy (non-hydrogen) atoms. The minimum Gasteiger partial charge on any atom is -0.454 e. The van der Waals surface area contributed by atoms with Crippen LogP contribution in [0.2, 0.25) is 0 Å². The number of nitrogens with one attached hydrogen (secondary N) is 4. The first-order valence-corrected chi connectivity index (χ1v) is 10.1. The van der Waals surface area contributed by atoms with Crippen molar-refractivity contribution >= 4 is 22.8 Å². The van der Waals surface area contributed by atoms with Gasteiger partial charge in [-0.2, -0.15) is 4.98 Å². The Labute approximate surface area is 174 Å². The number of ether oxygens (including phenoxy) is 2. The number of guanidine groups is 1. The van der Waals surface area contributed by atoms with Crippen molar-refractivity contribution in [3.63, 3.8) is 0 Å². The zero-order chi connectivity index (χ0) is 20.7. The maximum Gasteiger partial charge on any atom is 0.359 e. The van der Waals surface area contributed by atoms with E-state index in [0.717, 1.165) is 53.9 Å². The number of nitrogens with zero attached hydrogens (tertiary/aromatic N) is 2. The highest BCUT2D eigenvalue weighted by Gasteiger charge is 2.22. The molecular formula is C22H26N6O2+2. The van der Waals surface area contributed by atoms with Crippen LogP contribution >= 0.6 is 0 Å². The first-order valence-electron chi connectivity index (χ1n) is 10.1. The van der Waals surface area contributed by atoms with Crippen molar-refractivity contribution in [1.82, 2.24) is 15.3 Å². The average molecular weight is 406 g/mol. The first-order chi connectivity index (χ1) is 14.5. The molecule has 0 amide bonds. The van der Waals surface area contributed by atoms with Crippen LogP contribution in [0.1, 0.15) is 22.4 Å². The lowest BCUT2D eigenvalue weighted by Crippen LogP contribution is -3.23. The molecule has 1 unspecified atom stereocenters. The van der Waals surface area contributed by atoms with Crippen molar-refractivity contribution in [2.75, 3.05) is 25.4 Å². The second kappa shape index (κ2) is 7.46. The van der Waals surface area contributed by atoms with E-state index < -0.39 is 0 Å². The normalized spacial score (nSPS) is 17.6. The van der Waals surface area contributed by atoms with Crippen LogP contribution in [-0.4, -0.2) is 36.1 Å². The van der Waals surface area contributed by atoms with Crippen molar-refractivity contribution in [1.29, 1.82) is 0 Å². The predicted molar refractivity (Wildman–Crippen MR) is 113 cm³/mol. The lowest BCUT2D eigenvalue weighted by atomic mass is 10.1. The summed E-state index contributed by atoms with van der Waals surface area (Å²) < 4.78 is 10.9. The summed E-state index contributed by atoms with van der Waals surface area (Å²) in [5.41, 5.74) is 5.63. The van der Waals surface area contributed by atoms with E-state index in [1.807, 2.05) is 13.0 Å². The number of quaternary nitrogens is 1. The maximum absolute atomic E-state index is 5.47. The third-order valence-electron chi connectivity index (χ3n) is 5.66. The third kappa shape index (κ3) is 3.61. The van der Waals surface area contributed by atoms with Crippen LogP contribution in [0.5, 0.6) is 11.5 Å². The van der Waals surface area contributed by atoms with E-state index in [9.17, 15) is 0 Å². The van der Waals surface area contributed by atoms with Gasteiger partial charge in [-0.3, -0.25) is 4.90 Å². The van der Waals surface area contributed by atoms with Crippen molar-refractivity contribution in [3.8, 4) is 11.5 Å². The summed E-state index contributed by atoms with van der Waals surface area (Å²) in [4.78, 5) is 14.1. The quantitative estimate of drug-likeness (QED) is 0.479. The Morgan fingerprint density at radius 1 is 1.07 bits per heavy atom. The molecule has 0 saturated heterocycles. The molecule has 3 aromatic rings. The minimum absolute atomic E-state index is 0.304. The second-order valence-corrected chi connectivity index (χ2v) is 7.91. The molecule has 8 nitrogen and oxygen atoms in total. The molecule has 2 aromatic carbocycles. The molecule has 5 rings (SSSR count). The zero-order valence-corrected chi connectivity index (χ0v) is 17.4. The number of hydrogen-bond acceptors (Lipinski definition) is 6. The fraction of sp³-hybridized carbons (Fsp3) is 0.318. The summed E-state index contributed by atoms with van der Waals surface area (Å²) in [6, 6.07) is 10.4. The summed E-state index contributed by atoms with van der Waals surface area (Å²) in [7, 11) is 0. The zero-order valence-electron chi connectivity index (χ0n) is 17.4. The van der Waals surface area contributed by atoms with Gasteiger partial charge in [0, 0.05) is 10.9 Å². The Balaban J connectivity index is 1.27. The van der Waals surface area contributed by atoms with Gasteiger partial charge >= 0.3 is 5.96 Å². The van der Waals surface area contributed by atoms with Crippen molar-refractivity contribution in [2.24, 2.45) is 0 Å². The highest BCUT2D eigenvalue weighted by molar-refractivity contribution is 5.89. The van der Waals surface area contributed by atoms with Crippen LogP contribution in [0.15, 0.2) is 30.3 Å². The Kier molecular flexibility index (Phi) is 4.63. The highest BCUT2D eigenvalue weighted by Crippen LogP contribution is 2.32. The topological polar surface area (TPSA) is 86.7 Å². The molecule has 3 heterocycles. The molecule has 0 fully saturated rings. The number of hydrogen-bond donors (Lipinski definition) is 4. The van der Waals surface area contributed by atoms with Crippen molar-refractivity contribution in [2.45, 2.75) is 27.3 Å². The molecule has 8 heteroatoms. The molecule has 2 aliphatic heterocycles. The van der Waals surface area contributed by atoms with Gasteiger partial charge in [-0.15, -0.1) is 0 Å². The van der Waals surface area contributed by atoms with Crippen molar-refractivity contribution in [3.05, 3.63) is 52.7 Å². The van der Waals surface area contributed by atoms with Gasteiger partial charge < -0.3 is 9.47 Å². The Morgan fingerprint density at radius 2 is 1.90 bits per heavy atom. The van der Waals surface area contributed by atoms with Gasteiger partial charge in [0.2, 0.25) is 6.79 Å². The maximum atomic E-state index is 5.47. The molecule has 1 atom stereocenters. The predicted octanol–water partition coefficient (Wildman–Crippen LogP) is -0.264. The summed E-state index contributed by atoms with van der Waals surface area (Å²) in [5.74, 6) is 3.07. The van der Waals surface area contributed by atoms with E-state index in [1.54, 1.807) is 0 Å². The molecular weight excluding hydrogens is 380 g/mol. The largest absolute Gasteiger partial charge is 0.454 e. The molecule has 0 spiro atoms. The average Bonchev–Trinajstić information content (AvgIpc) is 3.19. The smallest absolute Gasteiger partial charge is 0.359 e. The minimum atomic E-state index is 0.304. The van der Waals surface area contributed by atoms with Crippen LogP contribution < -0.4 is 30.0 Å². The standard InChI is InChI=1S/C22H24N6O2/c1-13-6-17-15(3)25-22(26-18(17)7-14(13)2)27-21-23-10-28(11-24-21)9-16-4-5-19-20(8-16)30-12-29-19/h4-8H,9-12H2,1-3H3,(H2,23,24,25,26,27)/p+2. The van der Waals surface area contributed by atoms with E-state index in [2.05, 4.69) is 58.7 Å². The molecule has 154 valence electrons. The van der Waals surface area contributed by atoms with Gasteiger partial charge in [-0.1, -0.05) is 0 Å². The fourth-order valence-electron chi connectivity index (χ4n) is 3.81. The van der Waals surface area contributed by atoms with Crippen molar-refractivity contribution < 1.29 is 19.4 Å². The summed E-state index contributed by atoms with van der Waals surface area (Å²) in [6.07, 6.45) is 0. The number of anilines is 1. The third-order valence-corrected chi connectivity index (χ3v) is 5.66. The molecule has 1 aromatic heterocycles. The number of aryl methyl sites for hydroxylation is 3. The van der Waals surface area contributed by atoms with Crippen LogP contribution in [0, 0.1) is 20.8 Å². The van der Waals surface area contributed by atoms with E-state index >= 15 is 0 Å². The summed E-state index contributed by atoms with van der Waals surface area (Å²) in [5, 5.41) is 7.78. The van der Waals surface area contributed by atoms with E-state index in [1.165, 1.54) is 21.6 Å². The van der Waals surface area contributed by atoms with Gasteiger partial charge in [-0.05, 0) is 62.2 Å². The van der Waals surface area contributed by atoms with Gasteiger partial charge in [0.1, 0.15) is 6.54 Å². The van der Waals surface area contributed by atoms with Gasteiger partial charge in [0.25, 0.3) is 5.95 Å². The number of fused-ring (bicyclic) bond motifs is 2. The van der Waals surface area contributed by atoms with Gasteiger partial charge in [0.05, 0.1) is 11.2 Å². The van der Waals surface area contributed by atoms with Gasteiger partial charge in [0.15, 0.2) is 24.8 Å². The Bertz CT molecular complexity index is 1160. The summed E-state index contributed by atoms with van der Waals surface area (Å²) >= 11 is 0. The molecule has 2 aliphatic rings. The molecule has 0 saturated carbocycles.